The molecule has 0 atom stereocenters. The monoisotopic (exact) mass is 356 g/mol. The van der Waals surface area contributed by atoms with Crippen LogP contribution in [0.1, 0.15) is 5.56 Å². The normalized spacial score (nSPS) is 11.8. The standard InChI is InChI=1S/C12H12N4O7S/c1-20-15-10(11(17)16-24(18,19)21-2)8-5-3-4-6-9(8)22-12-13-7-14-23-12/h3-7H,1-2H3,(H,16,17)/b15-10+. The van der Waals surface area contributed by atoms with Gasteiger partial charge in [0, 0.05) is 0 Å². The van der Waals surface area contributed by atoms with Crippen molar-refractivity contribution in [2.24, 2.45) is 5.16 Å². The van der Waals surface area contributed by atoms with E-state index in [1.54, 1.807) is 16.9 Å². The summed E-state index contributed by atoms with van der Waals surface area (Å²) in [6.45, 7) is 0. The van der Waals surface area contributed by atoms with Crippen LogP contribution in [0.4, 0.5) is 0 Å². The molecule has 0 radical (unpaired) electrons. The van der Waals surface area contributed by atoms with Crippen molar-refractivity contribution in [2.45, 2.75) is 0 Å². The maximum absolute atomic E-state index is 12.2. The minimum Gasteiger partial charge on any atom is -0.409 e. The van der Waals surface area contributed by atoms with E-state index in [-0.39, 0.29) is 23.1 Å². The van der Waals surface area contributed by atoms with Crippen LogP contribution >= 0.6 is 0 Å². The van der Waals surface area contributed by atoms with Crippen LogP contribution in [0.5, 0.6) is 11.8 Å². The summed E-state index contributed by atoms with van der Waals surface area (Å²) in [6.07, 6.45) is 0.948. The molecule has 0 bridgehead atoms. The summed E-state index contributed by atoms with van der Waals surface area (Å²) in [7, 11) is -2.18. The number of hydrogen-bond donors (Lipinski definition) is 1. The fraction of sp³-hybridized carbons (Fsp3) is 0.167. The highest BCUT2D eigenvalue weighted by Gasteiger charge is 2.24. The van der Waals surface area contributed by atoms with Crippen molar-refractivity contribution in [1.82, 2.24) is 14.9 Å². The zero-order valence-electron chi connectivity index (χ0n) is 12.5. The molecule has 0 aliphatic heterocycles. The zero-order valence-corrected chi connectivity index (χ0v) is 13.3. The molecule has 1 N–H and O–H groups in total. The SMILES string of the molecule is CO/N=C(/C(=O)NS(=O)(=O)OC)c1ccccc1Oc1ncno1. The van der Waals surface area contributed by atoms with Crippen LogP contribution in [-0.4, -0.2) is 44.4 Å². The molecule has 24 heavy (non-hydrogen) atoms. The molecule has 2 aromatic rings. The number of amides is 1. The van der Waals surface area contributed by atoms with Crippen LogP contribution in [0.3, 0.4) is 0 Å². The lowest BCUT2D eigenvalue weighted by molar-refractivity contribution is -0.113. The van der Waals surface area contributed by atoms with E-state index in [4.69, 9.17) is 9.26 Å². The second-order valence-electron chi connectivity index (χ2n) is 3.98. The fourth-order valence-corrected chi connectivity index (χ4v) is 1.97. The first-order chi connectivity index (χ1) is 11.5. The van der Waals surface area contributed by atoms with Crippen LogP contribution in [-0.2, 0) is 24.1 Å². The Balaban J connectivity index is 2.38. The maximum Gasteiger partial charge on any atom is 0.422 e. The molecule has 0 spiro atoms. The molecule has 0 aliphatic carbocycles. The number of hydrogen-bond acceptors (Lipinski definition) is 10. The van der Waals surface area contributed by atoms with Gasteiger partial charge in [-0.2, -0.15) is 13.4 Å². The average Bonchev–Trinajstić information content (AvgIpc) is 3.06. The zero-order chi connectivity index (χ0) is 17.6. The molecular formula is C12H12N4O7S. The first-order valence-corrected chi connectivity index (χ1v) is 7.65. The van der Waals surface area contributed by atoms with Crippen molar-refractivity contribution in [3.63, 3.8) is 0 Å². The maximum atomic E-state index is 12.2. The molecule has 11 nitrogen and oxygen atoms in total. The fourth-order valence-electron chi connectivity index (χ4n) is 1.56. The Morgan fingerprint density at radius 1 is 1.29 bits per heavy atom. The van der Waals surface area contributed by atoms with Gasteiger partial charge in [-0.1, -0.05) is 22.4 Å². The average molecular weight is 356 g/mol. The van der Waals surface area contributed by atoms with Gasteiger partial charge in [0.15, 0.2) is 12.0 Å². The second kappa shape index (κ2) is 7.52. The van der Waals surface area contributed by atoms with Gasteiger partial charge in [0.25, 0.3) is 5.91 Å². The van der Waals surface area contributed by atoms with Crippen molar-refractivity contribution in [2.75, 3.05) is 14.2 Å². The van der Waals surface area contributed by atoms with Gasteiger partial charge < -0.3 is 9.57 Å². The van der Waals surface area contributed by atoms with Crippen LogP contribution in [0.15, 0.2) is 40.3 Å². The van der Waals surface area contributed by atoms with Gasteiger partial charge in [-0.05, 0) is 12.1 Å². The van der Waals surface area contributed by atoms with Gasteiger partial charge in [0.05, 0.1) is 12.7 Å². The summed E-state index contributed by atoms with van der Waals surface area (Å²) in [4.78, 5) is 20.5. The number of ether oxygens (including phenoxy) is 1. The van der Waals surface area contributed by atoms with Crippen molar-refractivity contribution in [1.29, 1.82) is 0 Å². The first-order valence-electron chi connectivity index (χ1n) is 6.24. The largest absolute Gasteiger partial charge is 0.422 e. The third-order valence-corrected chi connectivity index (χ3v) is 3.39. The van der Waals surface area contributed by atoms with E-state index >= 15 is 0 Å². The molecule has 0 saturated carbocycles. The quantitative estimate of drug-likeness (QED) is 0.544. The number of carbonyl (C=O) groups excluding carboxylic acids is 1. The minimum atomic E-state index is -4.27. The van der Waals surface area contributed by atoms with Crippen LogP contribution < -0.4 is 9.46 Å². The Bertz CT molecular complexity index is 833. The summed E-state index contributed by atoms with van der Waals surface area (Å²) in [5, 5.41) is 6.92. The molecule has 0 saturated heterocycles. The lowest BCUT2D eigenvalue weighted by atomic mass is 10.1. The third-order valence-electron chi connectivity index (χ3n) is 2.52. The Kier molecular flexibility index (Phi) is 5.44. The number of aromatic nitrogens is 2. The van der Waals surface area contributed by atoms with Crippen LogP contribution in [0, 0.1) is 0 Å². The van der Waals surface area contributed by atoms with Gasteiger partial charge in [0.2, 0.25) is 0 Å². The predicted octanol–water partition coefficient (Wildman–Crippen LogP) is 0.220. The third kappa shape index (κ3) is 4.27. The van der Waals surface area contributed by atoms with E-state index in [1.165, 1.54) is 19.2 Å². The van der Waals surface area contributed by atoms with E-state index < -0.39 is 16.2 Å². The molecule has 0 fully saturated rings. The number of para-hydroxylation sites is 1. The Morgan fingerprint density at radius 3 is 2.67 bits per heavy atom. The molecule has 1 heterocycles. The van der Waals surface area contributed by atoms with E-state index in [2.05, 4.69) is 24.3 Å². The van der Waals surface area contributed by atoms with Crippen molar-refractivity contribution < 1.29 is 31.5 Å². The van der Waals surface area contributed by atoms with Crippen LogP contribution in [0.2, 0.25) is 0 Å². The van der Waals surface area contributed by atoms with E-state index in [0.717, 1.165) is 13.4 Å². The second-order valence-corrected chi connectivity index (χ2v) is 5.43. The number of nitrogens with zero attached hydrogens (tertiary/aromatic N) is 3. The van der Waals surface area contributed by atoms with Crippen LogP contribution in [0.25, 0.3) is 0 Å². The topological polar surface area (TPSA) is 142 Å². The van der Waals surface area contributed by atoms with Gasteiger partial charge in [-0.15, -0.1) is 0 Å². The number of oxime groups is 1. The Morgan fingerprint density at radius 2 is 2.04 bits per heavy atom. The van der Waals surface area contributed by atoms with E-state index in [0.29, 0.717) is 0 Å². The minimum absolute atomic E-state index is 0.113. The number of carbonyl (C=O) groups is 1. The summed E-state index contributed by atoms with van der Waals surface area (Å²) < 4.78 is 38.7. The summed E-state index contributed by atoms with van der Waals surface area (Å²) in [5.41, 5.74) is -0.241. The molecule has 1 amide bonds. The molecule has 128 valence electrons. The van der Waals surface area contributed by atoms with Gasteiger partial charge in [-0.25, -0.2) is 4.72 Å². The number of benzene rings is 1. The summed E-state index contributed by atoms with van der Waals surface area (Å²) in [5.74, 6) is -0.970. The lowest BCUT2D eigenvalue weighted by Crippen LogP contribution is -2.37. The molecule has 0 unspecified atom stereocenters. The first kappa shape index (κ1) is 17.4. The molecule has 2 rings (SSSR count). The highest BCUT2D eigenvalue weighted by Crippen LogP contribution is 2.24. The molecule has 12 heteroatoms. The van der Waals surface area contributed by atoms with E-state index in [9.17, 15) is 13.2 Å². The molecule has 1 aromatic heterocycles. The van der Waals surface area contributed by atoms with E-state index in [1.807, 2.05) is 0 Å². The highest BCUT2D eigenvalue weighted by molar-refractivity contribution is 7.85. The highest BCUT2D eigenvalue weighted by atomic mass is 32.2. The van der Waals surface area contributed by atoms with Crippen molar-refractivity contribution in [3.05, 3.63) is 36.2 Å². The molecule has 0 aliphatic rings. The molecule has 1 aromatic carbocycles. The lowest BCUT2D eigenvalue weighted by Gasteiger charge is -2.10. The summed E-state index contributed by atoms with van der Waals surface area (Å²) in [6, 6.07) is 6.15. The van der Waals surface area contributed by atoms with Gasteiger partial charge in [-0.3, -0.25) is 13.5 Å². The molecular weight excluding hydrogens is 344 g/mol. The Hall–Kier alpha value is -2.99. The number of rotatable bonds is 7. The predicted molar refractivity (Wildman–Crippen MR) is 78.4 cm³/mol. The smallest absolute Gasteiger partial charge is 0.409 e. The Labute approximate surface area is 136 Å². The van der Waals surface area contributed by atoms with Gasteiger partial charge >= 0.3 is 16.4 Å². The number of nitrogens with one attached hydrogen (secondary N) is 1. The van der Waals surface area contributed by atoms with Crippen molar-refractivity contribution >= 4 is 21.9 Å². The van der Waals surface area contributed by atoms with Crippen molar-refractivity contribution in [3.8, 4) is 11.8 Å². The summed E-state index contributed by atoms with van der Waals surface area (Å²) >= 11 is 0. The van der Waals surface area contributed by atoms with Gasteiger partial charge in [0.1, 0.15) is 12.9 Å².